The van der Waals surface area contributed by atoms with Gasteiger partial charge >= 0.3 is 5.97 Å². The Balaban J connectivity index is 1.94. The Labute approximate surface area is 120 Å². The summed E-state index contributed by atoms with van der Waals surface area (Å²) >= 11 is 0. The van der Waals surface area contributed by atoms with Gasteiger partial charge in [-0.25, -0.2) is 0 Å². The lowest BCUT2D eigenvalue weighted by Gasteiger charge is -2.38. The van der Waals surface area contributed by atoms with Crippen LogP contribution in [0.15, 0.2) is 12.3 Å². The Morgan fingerprint density at radius 3 is 2.65 bits per heavy atom. The van der Waals surface area contributed by atoms with Crippen molar-refractivity contribution in [3.63, 3.8) is 0 Å². The highest BCUT2D eigenvalue weighted by atomic mass is 16.4. The average Bonchev–Trinajstić information content (AvgIpc) is 2.87. The van der Waals surface area contributed by atoms with Gasteiger partial charge in [0.1, 0.15) is 0 Å². The molecule has 0 unspecified atom stereocenters. The van der Waals surface area contributed by atoms with Gasteiger partial charge in [0.15, 0.2) is 0 Å². The average molecular weight is 279 g/mol. The van der Waals surface area contributed by atoms with Crippen molar-refractivity contribution in [3.8, 4) is 0 Å². The topological polar surface area (TPSA) is 58.4 Å². The number of hydrogen-bond donors (Lipinski definition) is 1. The molecule has 2 heterocycles. The lowest BCUT2D eigenvalue weighted by Crippen LogP contribution is -2.43. The van der Waals surface area contributed by atoms with Gasteiger partial charge in [-0.3, -0.25) is 14.4 Å². The van der Waals surface area contributed by atoms with Crippen molar-refractivity contribution in [3.05, 3.63) is 18.0 Å². The van der Waals surface area contributed by atoms with Crippen LogP contribution in [0.25, 0.3) is 0 Å². The first kappa shape index (κ1) is 15.0. The third-order valence-corrected chi connectivity index (χ3v) is 4.57. The molecule has 0 atom stereocenters. The van der Waals surface area contributed by atoms with Gasteiger partial charge in [0.05, 0.1) is 11.1 Å². The third-order valence-electron chi connectivity index (χ3n) is 4.57. The van der Waals surface area contributed by atoms with Gasteiger partial charge < -0.3 is 5.11 Å². The number of likely N-dealkylation sites (tertiary alicyclic amines) is 1. The highest BCUT2D eigenvalue weighted by Crippen LogP contribution is 2.35. The van der Waals surface area contributed by atoms with Crippen LogP contribution in [0.3, 0.4) is 0 Å². The molecule has 112 valence electrons. The first-order valence-corrected chi connectivity index (χ1v) is 7.57. The molecule has 0 spiro atoms. The van der Waals surface area contributed by atoms with Crippen molar-refractivity contribution < 1.29 is 9.90 Å². The molecule has 0 aromatic carbocycles. The summed E-state index contributed by atoms with van der Waals surface area (Å²) in [6.07, 6.45) is 5.15. The zero-order chi connectivity index (χ0) is 14.6. The van der Waals surface area contributed by atoms with Crippen molar-refractivity contribution in [2.75, 3.05) is 13.1 Å². The normalized spacial score (nSPS) is 19.1. The highest BCUT2D eigenvalue weighted by molar-refractivity contribution is 5.74. The summed E-state index contributed by atoms with van der Waals surface area (Å²) in [5.74, 6) is -0.629. The molecule has 5 heteroatoms. The van der Waals surface area contributed by atoms with Crippen LogP contribution >= 0.6 is 0 Å². The number of carbonyl (C=O) groups is 1. The minimum Gasteiger partial charge on any atom is -0.481 e. The molecule has 0 saturated carbocycles. The third kappa shape index (κ3) is 3.03. The Morgan fingerprint density at radius 2 is 2.10 bits per heavy atom. The van der Waals surface area contributed by atoms with E-state index in [1.165, 1.54) is 5.69 Å². The standard InChI is InChI=1S/C15H25N3O2/c1-3-9-18-13(5-8-16-18)12-17-10-6-15(4-2,7-11-17)14(19)20/h5,8H,3-4,6-7,9-12H2,1-2H3,(H,19,20). The van der Waals surface area contributed by atoms with Gasteiger partial charge in [0.2, 0.25) is 0 Å². The first-order valence-electron chi connectivity index (χ1n) is 7.57. The van der Waals surface area contributed by atoms with E-state index in [4.69, 9.17) is 0 Å². The van der Waals surface area contributed by atoms with Crippen molar-refractivity contribution in [1.82, 2.24) is 14.7 Å². The molecule has 0 amide bonds. The molecule has 1 fully saturated rings. The number of aromatic nitrogens is 2. The predicted molar refractivity (Wildman–Crippen MR) is 77.4 cm³/mol. The number of aliphatic carboxylic acids is 1. The van der Waals surface area contributed by atoms with E-state index in [2.05, 4.69) is 27.7 Å². The van der Waals surface area contributed by atoms with Gasteiger partial charge in [0.25, 0.3) is 0 Å². The summed E-state index contributed by atoms with van der Waals surface area (Å²) in [5, 5.41) is 13.8. The molecular weight excluding hydrogens is 254 g/mol. The SMILES string of the molecule is CCCn1nccc1CN1CCC(CC)(C(=O)O)CC1. The molecule has 0 bridgehead atoms. The van der Waals surface area contributed by atoms with Crippen LogP contribution < -0.4 is 0 Å². The van der Waals surface area contributed by atoms with Crippen LogP contribution in [-0.4, -0.2) is 38.8 Å². The summed E-state index contributed by atoms with van der Waals surface area (Å²) in [4.78, 5) is 13.8. The number of carboxylic acid groups (broad SMARTS) is 1. The summed E-state index contributed by atoms with van der Waals surface area (Å²) < 4.78 is 2.05. The van der Waals surface area contributed by atoms with Crippen LogP contribution in [0, 0.1) is 5.41 Å². The molecule has 1 aliphatic heterocycles. The maximum Gasteiger partial charge on any atom is 0.309 e. The van der Waals surface area contributed by atoms with Crippen molar-refractivity contribution in [2.45, 2.75) is 52.6 Å². The van der Waals surface area contributed by atoms with E-state index in [-0.39, 0.29) is 0 Å². The summed E-state index contributed by atoms with van der Waals surface area (Å²) in [7, 11) is 0. The lowest BCUT2D eigenvalue weighted by molar-refractivity contribution is -0.152. The minimum absolute atomic E-state index is 0.500. The molecule has 20 heavy (non-hydrogen) atoms. The predicted octanol–water partition coefficient (Wildman–Crippen LogP) is 2.37. The quantitative estimate of drug-likeness (QED) is 0.868. The first-order chi connectivity index (χ1) is 9.61. The maximum absolute atomic E-state index is 11.4. The minimum atomic E-state index is -0.629. The summed E-state index contributed by atoms with van der Waals surface area (Å²) in [6, 6.07) is 2.06. The zero-order valence-corrected chi connectivity index (χ0v) is 12.5. The molecule has 2 rings (SSSR count). The van der Waals surface area contributed by atoms with Crippen LogP contribution in [-0.2, 0) is 17.9 Å². The molecular formula is C15H25N3O2. The second-order valence-corrected chi connectivity index (χ2v) is 5.76. The largest absolute Gasteiger partial charge is 0.481 e. The van der Waals surface area contributed by atoms with Gasteiger partial charge in [-0.15, -0.1) is 0 Å². The summed E-state index contributed by atoms with van der Waals surface area (Å²) in [6.45, 7) is 7.67. The highest BCUT2D eigenvalue weighted by Gasteiger charge is 2.39. The second kappa shape index (κ2) is 6.39. The van der Waals surface area contributed by atoms with E-state index >= 15 is 0 Å². The fourth-order valence-electron chi connectivity index (χ4n) is 2.99. The molecule has 1 aromatic rings. The molecule has 1 aliphatic rings. The Kier molecular flexibility index (Phi) is 4.81. The fourth-order valence-corrected chi connectivity index (χ4v) is 2.99. The van der Waals surface area contributed by atoms with E-state index in [0.29, 0.717) is 0 Å². The molecule has 0 radical (unpaired) electrons. The Hall–Kier alpha value is -1.36. The monoisotopic (exact) mass is 279 g/mol. The van der Waals surface area contributed by atoms with E-state index in [1.54, 1.807) is 0 Å². The lowest BCUT2D eigenvalue weighted by atomic mass is 9.76. The van der Waals surface area contributed by atoms with E-state index in [1.807, 2.05) is 13.1 Å². The number of nitrogens with zero attached hydrogens (tertiary/aromatic N) is 3. The molecule has 0 aliphatic carbocycles. The fraction of sp³-hybridized carbons (Fsp3) is 0.733. The van der Waals surface area contributed by atoms with Gasteiger partial charge in [-0.05, 0) is 44.8 Å². The van der Waals surface area contributed by atoms with Crippen molar-refractivity contribution in [2.24, 2.45) is 5.41 Å². The Morgan fingerprint density at radius 1 is 1.40 bits per heavy atom. The van der Waals surface area contributed by atoms with Crippen LogP contribution in [0.1, 0.15) is 45.2 Å². The number of piperidine rings is 1. The van der Waals surface area contributed by atoms with Crippen molar-refractivity contribution in [1.29, 1.82) is 0 Å². The zero-order valence-electron chi connectivity index (χ0n) is 12.5. The molecule has 5 nitrogen and oxygen atoms in total. The van der Waals surface area contributed by atoms with E-state index < -0.39 is 11.4 Å². The number of rotatable bonds is 6. The number of aryl methyl sites for hydroxylation is 1. The van der Waals surface area contributed by atoms with Crippen LogP contribution in [0.2, 0.25) is 0 Å². The number of hydrogen-bond acceptors (Lipinski definition) is 3. The molecule has 1 aromatic heterocycles. The van der Waals surface area contributed by atoms with Crippen molar-refractivity contribution >= 4 is 5.97 Å². The number of carboxylic acids is 1. The smallest absolute Gasteiger partial charge is 0.309 e. The Bertz CT molecular complexity index is 448. The van der Waals surface area contributed by atoms with Crippen LogP contribution in [0.4, 0.5) is 0 Å². The van der Waals surface area contributed by atoms with Gasteiger partial charge in [-0.2, -0.15) is 5.10 Å². The van der Waals surface area contributed by atoms with Crippen LogP contribution in [0.5, 0.6) is 0 Å². The van der Waals surface area contributed by atoms with E-state index in [9.17, 15) is 9.90 Å². The van der Waals surface area contributed by atoms with E-state index in [0.717, 1.165) is 51.9 Å². The molecule has 1 N–H and O–H groups in total. The van der Waals surface area contributed by atoms with Gasteiger partial charge in [0, 0.05) is 19.3 Å². The molecule has 1 saturated heterocycles. The summed E-state index contributed by atoms with van der Waals surface area (Å²) in [5.41, 5.74) is 0.728. The second-order valence-electron chi connectivity index (χ2n) is 5.76. The van der Waals surface area contributed by atoms with Gasteiger partial charge in [-0.1, -0.05) is 13.8 Å². The maximum atomic E-state index is 11.4.